The number of aryl methyl sites for hydroxylation is 1. The number of halogens is 3. The third-order valence-electron chi connectivity index (χ3n) is 5.40. The molecule has 10 heteroatoms. The summed E-state index contributed by atoms with van der Waals surface area (Å²) in [5, 5.41) is 11.1. The number of rotatable bonds is 4. The van der Waals surface area contributed by atoms with E-state index in [1.165, 1.54) is 12.5 Å². The Hall–Kier alpha value is -2.91. The molecule has 30 heavy (non-hydrogen) atoms. The molecular weight excluding hydrogens is 399 g/mol. The van der Waals surface area contributed by atoms with E-state index in [1.54, 1.807) is 0 Å². The maximum Gasteiger partial charge on any atom is 0.453 e. The largest absolute Gasteiger partial charge is 0.486 e. The number of ether oxygens (including phenoxy) is 1. The first-order valence-electron chi connectivity index (χ1n) is 9.88. The van der Waals surface area contributed by atoms with E-state index >= 15 is 0 Å². The van der Waals surface area contributed by atoms with Gasteiger partial charge in [0.15, 0.2) is 11.6 Å². The lowest BCUT2D eigenvalue weighted by Gasteiger charge is -2.35. The van der Waals surface area contributed by atoms with Crippen LogP contribution in [0, 0.1) is 0 Å². The molecule has 0 saturated carbocycles. The summed E-state index contributed by atoms with van der Waals surface area (Å²) < 4.78 is 45.5. The van der Waals surface area contributed by atoms with Gasteiger partial charge in [0.2, 0.25) is 0 Å². The number of likely N-dealkylation sites (tertiary alicyclic amines) is 1. The highest BCUT2D eigenvalue weighted by molar-refractivity contribution is 5.83. The van der Waals surface area contributed by atoms with Gasteiger partial charge in [0.25, 0.3) is 5.82 Å². The second-order valence-corrected chi connectivity index (χ2v) is 7.59. The fourth-order valence-corrected chi connectivity index (χ4v) is 3.85. The molecule has 1 aromatic carbocycles. The van der Waals surface area contributed by atoms with Gasteiger partial charge in [0.1, 0.15) is 18.2 Å². The number of carbonyl (C=O) groups is 1. The van der Waals surface area contributed by atoms with Crippen LogP contribution in [0.5, 0.6) is 5.75 Å². The predicted molar refractivity (Wildman–Crippen MR) is 102 cm³/mol. The minimum Gasteiger partial charge on any atom is -0.486 e. The topological polar surface area (TPSA) is 72.6 Å². The molecule has 0 atom stereocenters. The summed E-state index contributed by atoms with van der Waals surface area (Å²) in [5.74, 6) is 0.818. The highest BCUT2D eigenvalue weighted by atomic mass is 19.4. The predicted octanol–water partition coefficient (Wildman–Crippen LogP) is 3.25. The average Bonchev–Trinajstić information content (AvgIpc) is 3.16. The lowest BCUT2D eigenvalue weighted by atomic mass is 9.89. The molecule has 0 radical (unpaired) electrons. The summed E-state index contributed by atoms with van der Waals surface area (Å²) in [6.07, 6.45) is -1.86. The Labute approximate surface area is 171 Å². The molecule has 2 aliphatic heterocycles. The average molecular weight is 421 g/mol. The monoisotopic (exact) mass is 421 g/mol. The van der Waals surface area contributed by atoms with Gasteiger partial charge in [-0.25, -0.2) is 0 Å². The first kappa shape index (κ1) is 20.4. The number of alkyl halides is 3. The number of ketones is 1. The van der Waals surface area contributed by atoms with Gasteiger partial charge in [-0.15, -0.1) is 10.2 Å². The van der Waals surface area contributed by atoms with Crippen molar-refractivity contribution in [3.05, 3.63) is 41.5 Å². The van der Waals surface area contributed by atoms with Gasteiger partial charge in [-0.05, 0) is 43.4 Å². The zero-order valence-corrected chi connectivity index (χ0v) is 16.5. The van der Waals surface area contributed by atoms with Crippen LogP contribution in [0.3, 0.4) is 0 Å². The molecule has 1 saturated heterocycles. The Morgan fingerprint density at radius 1 is 1.13 bits per heavy atom. The highest BCUT2D eigenvalue weighted by Gasteiger charge is 2.40. The van der Waals surface area contributed by atoms with Crippen LogP contribution in [0.1, 0.15) is 49.3 Å². The molecule has 0 amide bonds. The molecule has 0 spiro atoms. The van der Waals surface area contributed by atoms with E-state index < -0.39 is 12.0 Å². The third-order valence-corrected chi connectivity index (χ3v) is 5.40. The van der Waals surface area contributed by atoms with Crippen LogP contribution in [0.4, 0.5) is 13.2 Å². The first-order chi connectivity index (χ1) is 14.3. The lowest BCUT2D eigenvalue weighted by Crippen LogP contribution is -2.40. The number of carbonyl (C=O) groups excluding carboxylic acids is 1. The smallest absolute Gasteiger partial charge is 0.453 e. The van der Waals surface area contributed by atoms with Crippen molar-refractivity contribution in [2.75, 3.05) is 19.7 Å². The minimum absolute atomic E-state index is 0.0296. The maximum atomic E-state index is 13.1. The van der Waals surface area contributed by atoms with Crippen LogP contribution in [0.25, 0.3) is 0 Å². The van der Waals surface area contributed by atoms with Gasteiger partial charge in [0, 0.05) is 25.9 Å². The second kappa shape index (κ2) is 8.08. The van der Waals surface area contributed by atoms with Crippen molar-refractivity contribution in [3.8, 4) is 5.75 Å². The minimum atomic E-state index is -4.58. The summed E-state index contributed by atoms with van der Waals surface area (Å²) in [4.78, 5) is 13.1. The van der Waals surface area contributed by atoms with E-state index in [9.17, 15) is 18.0 Å². The molecule has 0 unspecified atom stereocenters. The number of nitrogens with zero attached hydrogens (tertiary/aromatic N) is 5. The van der Waals surface area contributed by atoms with Gasteiger partial charge < -0.3 is 9.64 Å². The van der Waals surface area contributed by atoms with Gasteiger partial charge in [-0.3, -0.25) is 4.79 Å². The molecule has 0 N–H and O–H groups in total. The highest BCUT2D eigenvalue weighted by Crippen LogP contribution is 2.32. The zero-order chi connectivity index (χ0) is 21.3. The van der Waals surface area contributed by atoms with Crippen molar-refractivity contribution < 1.29 is 22.7 Å². The molecule has 0 bridgehead atoms. The summed E-state index contributed by atoms with van der Waals surface area (Å²) in [7, 11) is 0. The number of amidine groups is 1. The number of aromatic nitrogens is 3. The van der Waals surface area contributed by atoms with Gasteiger partial charge >= 0.3 is 6.18 Å². The van der Waals surface area contributed by atoms with Crippen molar-refractivity contribution in [1.29, 1.82) is 0 Å². The molecule has 2 aromatic rings. The second-order valence-electron chi connectivity index (χ2n) is 7.59. The third kappa shape index (κ3) is 4.31. The van der Waals surface area contributed by atoms with Crippen molar-refractivity contribution in [3.63, 3.8) is 0 Å². The zero-order valence-electron chi connectivity index (χ0n) is 16.5. The summed E-state index contributed by atoms with van der Waals surface area (Å²) in [6.45, 7) is 2.99. The SMILES string of the molecule is CC(=O)COc1ccc(C2CCN(C3=Nn4c(nnc4C(F)(F)F)CC3)CC2)cc1. The van der Waals surface area contributed by atoms with Crippen molar-refractivity contribution in [2.24, 2.45) is 5.10 Å². The van der Waals surface area contributed by atoms with E-state index in [2.05, 4.69) is 20.2 Å². The molecular formula is C20H22F3N5O2. The Morgan fingerprint density at radius 3 is 2.47 bits per heavy atom. The Balaban J connectivity index is 1.39. The summed E-state index contributed by atoms with van der Waals surface area (Å²) in [6, 6.07) is 7.74. The fourth-order valence-electron chi connectivity index (χ4n) is 3.85. The van der Waals surface area contributed by atoms with Crippen molar-refractivity contribution in [2.45, 2.75) is 44.7 Å². The molecule has 2 aliphatic rings. The summed E-state index contributed by atoms with van der Waals surface area (Å²) in [5.41, 5.74) is 1.19. The number of Topliss-reactive ketones (excluding diaryl/α,β-unsaturated/α-hetero) is 1. The van der Waals surface area contributed by atoms with Crippen molar-refractivity contribution in [1.82, 2.24) is 19.8 Å². The van der Waals surface area contributed by atoms with E-state index in [0.717, 1.165) is 30.6 Å². The van der Waals surface area contributed by atoms with Crippen LogP contribution in [0.2, 0.25) is 0 Å². The Kier molecular flexibility index (Phi) is 5.48. The van der Waals surface area contributed by atoms with Gasteiger partial charge in [-0.2, -0.15) is 22.9 Å². The Bertz CT molecular complexity index is 944. The molecule has 4 rings (SSSR count). The molecule has 0 aliphatic carbocycles. The number of piperidine rings is 1. The Morgan fingerprint density at radius 2 is 1.83 bits per heavy atom. The van der Waals surface area contributed by atoms with E-state index in [1.807, 2.05) is 24.3 Å². The maximum absolute atomic E-state index is 13.1. The fraction of sp³-hybridized carbons (Fsp3) is 0.500. The molecule has 1 fully saturated rings. The van der Waals surface area contributed by atoms with E-state index in [0.29, 0.717) is 30.3 Å². The number of hydrogen-bond donors (Lipinski definition) is 0. The number of fused-ring (bicyclic) bond motifs is 1. The lowest BCUT2D eigenvalue weighted by molar-refractivity contribution is -0.147. The molecule has 7 nitrogen and oxygen atoms in total. The van der Waals surface area contributed by atoms with Gasteiger partial charge in [-0.1, -0.05) is 12.1 Å². The van der Waals surface area contributed by atoms with E-state index in [4.69, 9.17) is 4.74 Å². The molecule has 1 aromatic heterocycles. The van der Waals surface area contributed by atoms with Crippen LogP contribution in [-0.4, -0.2) is 51.1 Å². The standard InChI is InChI=1S/C20H22F3N5O2/c1-13(29)12-30-16-4-2-14(3-5-16)15-8-10-27(11-9-15)18-7-6-17-24-25-19(20(21,22)23)28(17)26-18/h2-5,15H,6-12H2,1H3. The van der Waals surface area contributed by atoms with Crippen LogP contribution in [-0.2, 0) is 17.4 Å². The first-order valence-corrected chi connectivity index (χ1v) is 9.88. The van der Waals surface area contributed by atoms with Crippen molar-refractivity contribution >= 4 is 11.6 Å². The summed E-state index contributed by atoms with van der Waals surface area (Å²) >= 11 is 0. The quantitative estimate of drug-likeness (QED) is 0.758. The van der Waals surface area contributed by atoms with E-state index in [-0.39, 0.29) is 18.2 Å². The van der Waals surface area contributed by atoms with Crippen LogP contribution in [0.15, 0.2) is 29.4 Å². The molecule has 3 heterocycles. The van der Waals surface area contributed by atoms with Gasteiger partial charge in [0.05, 0.1) is 0 Å². The van der Waals surface area contributed by atoms with Crippen LogP contribution >= 0.6 is 0 Å². The normalized spacial score (nSPS) is 17.5. The number of hydrogen-bond acceptors (Lipinski definition) is 6. The molecule has 160 valence electrons. The van der Waals surface area contributed by atoms with Crippen LogP contribution < -0.4 is 4.74 Å². The number of benzene rings is 1.